The van der Waals surface area contributed by atoms with Crippen molar-refractivity contribution in [2.45, 2.75) is 39.8 Å². The number of esters is 1. The summed E-state index contributed by atoms with van der Waals surface area (Å²) in [6, 6.07) is 8.94. The van der Waals surface area contributed by atoms with Crippen LogP contribution in [0.3, 0.4) is 0 Å². The zero-order chi connectivity index (χ0) is 24.9. The van der Waals surface area contributed by atoms with Crippen LogP contribution in [-0.2, 0) is 16.1 Å². The number of benzene rings is 2. The van der Waals surface area contributed by atoms with Crippen molar-refractivity contribution in [3.8, 4) is 28.6 Å². The first-order valence-electron chi connectivity index (χ1n) is 10.0. The second kappa shape index (κ2) is 10.9. The quantitative estimate of drug-likeness (QED) is 0.324. The summed E-state index contributed by atoms with van der Waals surface area (Å²) < 4.78 is 61.6. The van der Waals surface area contributed by atoms with Gasteiger partial charge in [0.1, 0.15) is 23.9 Å². The molecule has 34 heavy (non-hydrogen) atoms. The van der Waals surface area contributed by atoms with Crippen molar-refractivity contribution in [1.29, 1.82) is 0 Å². The Morgan fingerprint density at radius 2 is 1.91 bits per heavy atom. The number of alkyl halides is 3. The van der Waals surface area contributed by atoms with Gasteiger partial charge in [-0.3, -0.25) is 0 Å². The fraction of sp³-hybridized carbons (Fsp3) is 0.318. The number of hydrogen-bond acceptors (Lipinski definition) is 8. The van der Waals surface area contributed by atoms with E-state index in [1.165, 1.54) is 12.1 Å². The maximum absolute atomic E-state index is 12.4. The predicted molar refractivity (Wildman–Crippen MR) is 119 cm³/mol. The number of carbonyl (C=O) groups excluding carboxylic acids is 1. The minimum Gasteiger partial charge on any atom is -0.486 e. The lowest BCUT2D eigenvalue weighted by atomic mass is 10.2. The monoisotopic (exact) mass is 516 g/mol. The van der Waals surface area contributed by atoms with Gasteiger partial charge in [-0.15, -0.1) is 13.2 Å². The highest BCUT2D eigenvalue weighted by molar-refractivity contribution is 7.05. The lowest BCUT2D eigenvalue weighted by molar-refractivity contribution is -0.274. The summed E-state index contributed by atoms with van der Waals surface area (Å²) in [5.41, 5.74) is 1.21. The summed E-state index contributed by atoms with van der Waals surface area (Å²) in [5, 5.41) is 0.341. The number of aromatic nitrogens is 2. The molecule has 0 saturated heterocycles. The van der Waals surface area contributed by atoms with Crippen molar-refractivity contribution >= 4 is 29.1 Å². The molecule has 1 unspecified atom stereocenters. The maximum Gasteiger partial charge on any atom is 0.573 e. The molecule has 3 aromatic rings. The zero-order valence-corrected chi connectivity index (χ0v) is 19.9. The van der Waals surface area contributed by atoms with E-state index in [0.29, 0.717) is 27.9 Å². The Hall–Kier alpha value is -3.05. The van der Waals surface area contributed by atoms with Gasteiger partial charge in [0, 0.05) is 5.56 Å². The molecule has 3 rings (SSSR count). The smallest absolute Gasteiger partial charge is 0.486 e. The Labute approximate surface area is 202 Å². The summed E-state index contributed by atoms with van der Waals surface area (Å²) in [6.45, 7) is 5.55. The highest BCUT2D eigenvalue weighted by Crippen LogP contribution is 2.33. The minimum atomic E-state index is -4.84. The maximum atomic E-state index is 12.4. The van der Waals surface area contributed by atoms with Crippen LogP contribution in [0.1, 0.15) is 24.4 Å². The molecule has 0 spiro atoms. The van der Waals surface area contributed by atoms with E-state index in [1.54, 1.807) is 32.0 Å². The highest BCUT2D eigenvalue weighted by Gasteiger charge is 2.32. The topological polar surface area (TPSA) is 79.8 Å². The fourth-order valence-electron chi connectivity index (χ4n) is 2.77. The zero-order valence-electron chi connectivity index (χ0n) is 18.3. The van der Waals surface area contributed by atoms with Crippen LogP contribution in [-0.4, -0.2) is 34.4 Å². The molecule has 0 amide bonds. The standard InChI is InChI=1S/C22H20ClF3N2O5S/c1-4-30-21(29)13(3)32-17-8-6-15(9-12(17)2)31-11-19-27-20(28-34-19)14-5-7-18(16(23)10-14)33-22(24,25)26/h5-10,13H,4,11H2,1-3H3. The van der Waals surface area contributed by atoms with Gasteiger partial charge in [0.15, 0.2) is 16.9 Å². The van der Waals surface area contributed by atoms with Crippen molar-refractivity contribution in [3.63, 3.8) is 0 Å². The van der Waals surface area contributed by atoms with Crippen LogP contribution in [0.5, 0.6) is 17.2 Å². The van der Waals surface area contributed by atoms with Gasteiger partial charge in [0.2, 0.25) is 0 Å². The van der Waals surface area contributed by atoms with Gasteiger partial charge in [0.05, 0.1) is 11.6 Å². The molecule has 0 aliphatic heterocycles. The molecule has 0 N–H and O–H groups in total. The number of halogens is 4. The van der Waals surface area contributed by atoms with Crippen molar-refractivity contribution in [1.82, 2.24) is 9.36 Å². The first-order valence-corrected chi connectivity index (χ1v) is 11.2. The molecule has 1 atom stereocenters. The van der Waals surface area contributed by atoms with Crippen LogP contribution in [0, 0.1) is 6.92 Å². The Morgan fingerprint density at radius 1 is 1.18 bits per heavy atom. The number of ether oxygens (including phenoxy) is 4. The number of aryl methyl sites for hydroxylation is 1. The van der Waals surface area contributed by atoms with E-state index in [4.69, 9.17) is 25.8 Å². The Morgan fingerprint density at radius 3 is 2.56 bits per heavy atom. The molecule has 0 radical (unpaired) electrons. The van der Waals surface area contributed by atoms with Gasteiger partial charge in [-0.2, -0.15) is 4.37 Å². The van der Waals surface area contributed by atoms with Gasteiger partial charge < -0.3 is 18.9 Å². The molecular formula is C22H20ClF3N2O5S. The molecule has 182 valence electrons. The van der Waals surface area contributed by atoms with Gasteiger partial charge in [-0.25, -0.2) is 9.78 Å². The molecule has 12 heteroatoms. The van der Waals surface area contributed by atoms with E-state index in [1.807, 2.05) is 6.92 Å². The third kappa shape index (κ3) is 6.97. The molecule has 0 aliphatic carbocycles. The molecule has 0 saturated carbocycles. The molecular weight excluding hydrogens is 497 g/mol. The number of carbonyl (C=O) groups is 1. The molecule has 7 nitrogen and oxygen atoms in total. The van der Waals surface area contributed by atoms with E-state index in [2.05, 4.69) is 14.1 Å². The van der Waals surface area contributed by atoms with Crippen molar-refractivity contribution in [3.05, 3.63) is 52.0 Å². The van der Waals surface area contributed by atoms with E-state index < -0.39 is 24.2 Å². The highest BCUT2D eigenvalue weighted by atomic mass is 35.5. The van der Waals surface area contributed by atoms with Gasteiger partial charge in [-0.05, 0) is 74.3 Å². The summed E-state index contributed by atoms with van der Waals surface area (Å²) in [6.07, 6.45) is -5.58. The first-order chi connectivity index (χ1) is 16.1. The van der Waals surface area contributed by atoms with Crippen molar-refractivity contribution in [2.24, 2.45) is 0 Å². The summed E-state index contributed by atoms with van der Waals surface area (Å²) in [7, 11) is 0. The average molecular weight is 517 g/mol. The van der Waals surface area contributed by atoms with Crippen LogP contribution in [0.15, 0.2) is 36.4 Å². The second-order valence-corrected chi connectivity index (χ2v) is 8.18. The second-order valence-electron chi connectivity index (χ2n) is 6.93. The summed E-state index contributed by atoms with van der Waals surface area (Å²) >= 11 is 6.98. The third-order valence-electron chi connectivity index (χ3n) is 4.31. The van der Waals surface area contributed by atoms with Crippen LogP contribution in [0.2, 0.25) is 5.02 Å². The normalized spacial score (nSPS) is 12.2. The van der Waals surface area contributed by atoms with Crippen LogP contribution >= 0.6 is 23.1 Å². The van der Waals surface area contributed by atoms with E-state index >= 15 is 0 Å². The molecule has 0 bridgehead atoms. The van der Waals surface area contributed by atoms with E-state index in [0.717, 1.165) is 23.2 Å². The van der Waals surface area contributed by atoms with Crippen LogP contribution < -0.4 is 14.2 Å². The van der Waals surface area contributed by atoms with Crippen molar-refractivity contribution < 1.29 is 36.9 Å². The lowest BCUT2D eigenvalue weighted by Gasteiger charge is -2.15. The third-order valence-corrected chi connectivity index (χ3v) is 5.29. The van der Waals surface area contributed by atoms with E-state index in [-0.39, 0.29) is 18.2 Å². The summed E-state index contributed by atoms with van der Waals surface area (Å²) in [4.78, 5) is 16.1. The first kappa shape index (κ1) is 25.6. The SMILES string of the molecule is CCOC(=O)C(C)Oc1ccc(OCc2nc(-c3ccc(OC(F)(F)F)c(Cl)c3)ns2)cc1C. The van der Waals surface area contributed by atoms with Crippen molar-refractivity contribution in [2.75, 3.05) is 6.61 Å². The van der Waals surface area contributed by atoms with Crippen LogP contribution in [0.25, 0.3) is 11.4 Å². The largest absolute Gasteiger partial charge is 0.573 e. The van der Waals surface area contributed by atoms with E-state index in [9.17, 15) is 18.0 Å². The molecule has 2 aromatic carbocycles. The molecule has 0 fully saturated rings. The number of rotatable bonds is 9. The van der Waals surface area contributed by atoms with Gasteiger partial charge in [0.25, 0.3) is 0 Å². The van der Waals surface area contributed by atoms with Gasteiger partial charge >= 0.3 is 12.3 Å². The molecule has 1 aromatic heterocycles. The Balaban J connectivity index is 1.61. The lowest BCUT2D eigenvalue weighted by Crippen LogP contribution is -2.26. The van der Waals surface area contributed by atoms with Gasteiger partial charge in [-0.1, -0.05) is 11.6 Å². The minimum absolute atomic E-state index is 0.125. The summed E-state index contributed by atoms with van der Waals surface area (Å²) in [5.74, 6) is 0.439. The number of hydrogen-bond donors (Lipinski definition) is 0. The fourth-order valence-corrected chi connectivity index (χ4v) is 3.56. The number of nitrogens with zero attached hydrogens (tertiary/aromatic N) is 2. The predicted octanol–water partition coefficient (Wildman–Crippen LogP) is 5.97. The Bertz CT molecular complexity index is 1160. The average Bonchev–Trinajstić information content (AvgIpc) is 3.23. The van der Waals surface area contributed by atoms with Crippen LogP contribution in [0.4, 0.5) is 13.2 Å². The molecule has 0 aliphatic rings. The Kier molecular flexibility index (Phi) is 8.21. The molecule has 1 heterocycles.